The van der Waals surface area contributed by atoms with Crippen LogP contribution in [-0.4, -0.2) is 26.1 Å². The van der Waals surface area contributed by atoms with Gasteiger partial charge in [-0.25, -0.2) is 0 Å². The number of nitrogens with one attached hydrogen (secondary N) is 1. The summed E-state index contributed by atoms with van der Waals surface area (Å²) >= 11 is 0. The predicted octanol–water partition coefficient (Wildman–Crippen LogP) is 4.62. The summed E-state index contributed by atoms with van der Waals surface area (Å²) < 4.78 is 5.43. The molecule has 0 fully saturated rings. The van der Waals surface area contributed by atoms with Gasteiger partial charge >= 0.3 is 0 Å². The first-order chi connectivity index (χ1) is 13.2. The van der Waals surface area contributed by atoms with Crippen molar-refractivity contribution in [2.45, 2.75) is 20.4 Å². The Labute approximate surface area is 160 Å². The van der Waals surface area contributed by atoms with Gasteiger partial charge in [0, 0.05) is 25.3 Å². The van der Waals surface area contributed by atoms with Crippen LogP contribution in [0.3, 0.4) is 0 Å². The van der Waals surface area contributed by atoms with E-state index < -0.39 is 0 Å². The highest BCUT2D eigenvalue weighted by atomic mass is 16.5. The van der Waals surface area contributed by atoms with Crippen LogP contribution < -0.4 is 15.0 Å². The van der Waals surface area contributed by atoms with Crippen LogP contribution in [0.15, 0.2) is 60.7 Å². The lowest BCUT2D eigenvalue weighted by molar-refractivity contribution is 0.0948. The Kier molecular flexibility index (Phi) is 5.97. The van der Waals surface area contributed by atoms with E-state index in [1.54, 1.807) is 7.11 Å². The summed E-state index contributed by atoms with van der Waals surface area (Å²) in [5.41, 5.74) is 2.82. The summed E-state index contributed by atoms with van der Waals surface area (Å²) in [4.78, 5) is 15.0. The van der Waals surface area contributed by atoms with Crippen LogP contribution >= 0.6 is 0 Å². The quantitative estimate of drug-likeness (QED) is 0.666. The molecule has 0 spiro atoms. The van der Waals surface area contributed by atoms with Crippen LogP contribution in [0, 0.1) is 0 Å². The fraction of sp³-hybridized carbons (Fsp3) is 0.261. The van der Waals surface area contributed by atoms with Gasteiger partial charge in [0.15, 0.2) is 0 Å². The Morgan fingerprint density at radius 2 is 1.59 bits per heavy atom. The van der Waals surface area contributed by atoms with E-state index >= 15 is 0 Å². The lowest BCUT2D eigenvalue weighted by atomic mass is 10.1. The molecule has 0 radical (unpaired) electrons. The summed E-state index contributed by atoms with van der Waals surface area (Å²) in [6.07, 6.45) is 0. The molecule has 1 N–H and O–H groups in total. The number of methoxy groups -OCH3 is 1. The third-order valence-corrected chi connectivity index (χ3v) is 4.83. The largest absolute Gasteiger partial charge is 0.496 e. The molecule has 0 aliphatic rings. The number of carbonyl (C=O) groups excluding carboxylic acids is 1. The summed E-state index contributed by atoms with van der Waals surface area (Å²) in [5, 5.41) is 5.07. The number of carbonyl (C=O) groups is 1. The third-order valence-electron chi connectivity index (χ3n) is 4.83. The molecule has 0 aliphatic heterocycles. The van der Waals surface area contributed by atoms with Gasteiger partial charge in [-0.2, -0.15) is 0 Å². The number of ether oxygens (including phenoxy) is 1. The highest BCUT2D eigenvalue weighted by molar-refractivity contribution is 6.01. The molecule has 0 saturated heterocycles. The van der Waals surface area contributed by atoms with Crippen molar-refractivity contribution in [2.75, 3.05) is 25.1 Å². The molecule has 0 aromatic heterocycles. The van der Waals surface area contributed by atoms with Gasteiger partial charge in [0.25, 0.3) is 5.91 Å². The minimum Gasteiger partial charge on any atom is -0.496 e. The number of rotatable bonds is 7. The van der Waals surface area contributed by atoms with Gasteiger partial charge in [0.2, 0.25) is 0 Å². The fourth-order valence-electron chi connectivity index (χ4n) is 3.26. The molecule has 0 heterocycles. The number of anilines is 1. The third kappa shape index (κ3) is 4.22. The first-order valence-corrected chi connectivity index (χ1v) is 9.35. The Morgan fingerprint density at radius 1 is 0.963 bits per heavy atom. The second-order valence-corrected chi connectivity index (χ2v) is 6.42. The van der Waals surface area contributed by atoms with Gasteiger partial charge in [0.05, 0.1) is 12.7 Å². The zero-order valence-corrected chi connectivity index (χ0v) is 16.2. The van der Waals surface area contributed by atoms with Crippen LogP contribution in [0.1, 0.15) is 29.8 Å². The van der Waals surface area contributed by atoms with Crippen molar-refractivity contribution in [2.24, 2.45) is 0 Å². The Morgan fingerprint density at radius 3 is 2.19 bits per heavy atom. The van der Waals surface area contributed by atoms with Crippen LogP contribution in [0.2, 0.25) is 0 Å². The van der Waals surface area contributed by atoms with Gasteiger partial charge in [-0.1, -0.05) is 36.4 Å². The lowest BCUT2D eigenvalue weighted by Crippen LogP contribution is -2.24. The molecule has 0 saturated carbocycles. The molecule has 4 heteroatoms. The molecule has 1 amide bonds. The molecule has 0 bridgehead atoms. The number of benzene rings is 3. The lowest BCUT2D eigenvalue weighted by Gasteiger charge is -2.21. The maximum Gasteiger partial charge on any atom is 0.255 e. The maximum absolute atomic E-state index is 12.7. The number of hydrogen-bond donors (Lipinski definition) is 1. The van der Waals surface area contributed by atoms with Crippen LogP contribution in [0.4, 0.5) is 5.69 Å². The van der Waals surface area contributed by atoms with E-state index in [0.717, 1.165) is 29.4 Å². The van der Waals surface area contributed by atoms with Crippen LogP contribution in [0.5, 0.6) is 5.75 Å². The molecule has 0 unspecified atom stereocenters. The molecule has 0 aliphatic carbocycles. The highest BCUT2D eigenvalue weighted by Gasteiger charge is 2.13. The number of hydrogen-bond acceptors (Lipinski definition) is 3. The normalized spacial score (nSPS) is 10.6. The summed E-state index contributed by atoms with van der Waals surface area (Å²) in [7, 11) is 1.59. The molecule has 4 nitrogen and oxygen atoms in total. The standard InChI is InChI=1S/C23H26N2O2/c1-4-25(5-2)20-12-10-17(11-13-20)16-24-23(26)21-14-18-8-6-7-9-19(18)15-22(21)27-3/h6-15H,4-5,16H2,1-3H3,(H,24,26). The Hall–Kier alpha value is -3.01. The molecule has 3 aromatic carbocycles. The average molecular weight is 362 g/mol. The molecule has 3 aromatic rings. The summed E-state index contributed by atoms with van der Waals surface area (Å²) in [6.45, 7) is 6.74. The Bertz CT molecular complexity index is 915. The van der Waals surface area contributed by atoms with E-state index in [2.05, 4.69) is 48.3 Å². The molecule has 0 atom stereocenters. The summed E-state index contributed by atoms with van der Waals surface area (Å²) in [6, 6.07) is 20.1. The van der Waals surface area contributed by atoms with Crippen molar-refractivity contribution < 1.29 is 9.53 Å². The van der Waals surface area contributed by atoms with Gasteiger partial charge in [0.1, 0.15) is 5.75 Å². The zero-order chi connectivity index (χ0) is 19.2. The van der Waals surface area contributed by atoms with E-state index in [0.29, 0.717) is 17.9 Å². The van der Waals surface area contributed by atoms with Crippen molar-refractivity contribution in [3.63, 3.8) is 0 Å². The minimum atomic E-state index is -0.134. The smallest absolute Gasteiger partial charge is 0.255 e. The monoisotopic (exact) mass is 362 g/mol. The van der Waals surface area contributed by atoms with E-state index in [1.165, 1.54) is 5.69 Å². The van der Waals surface area contributed by atoms with E-state index in [1.807, 2.05) is 36.4 Å². The van der Waals surface area contributed by atoms with E-state index in [-0.39, 0.29) is 5.91 Å². The average Bonchev–Trinajstić information content (AvgIpc) is 2.72. The van der Waals surface area contributed by atoms with Crippen molar-refractivity contribution >= 4 is 22.4 Å². The van der Waals surface area contributed by atoms with Crippen LogP contribution in [-0.2, 0) is 6.54 Å². The predicted molar refractivity (Wildman–Crippen MR) is 112 cm³/mol. The summed E-state index contributed by atoms with van der Waals surface area (Å²) in [5.74, 6) is 0.452. The first-order valence-electron chi connectivity index (χ1n) is 9.35. The van der Waals surface area contributed by atoms with Gasteiger partial charge in [-0.05, 0) is 54.4 Å². The molecule has 27 heavy (non-hydrogen) atoms. The maximum atomic E-state index is 12.7. The fourth-order valence-corrected chi connectivity index (χ4v) is 3.26. The highest BCUT2D eigenvalue weighted by Crippen LogP contribution is 2.26. The zero-order valence-electron chi connectivity index (χ0n) is 16.2. The number of fused-ring (bicyclic) bond motifs is 1. The van der Waals surface area contributed by atoms with E-state index in [9.17, 15) is 4.79 Å². The SMILES string of the molecule is CCN(CC)c1ccc(CNC(=O)c2cc3ccccc3cc2OC)cc1. The number of amides is 1. The van der Waals surface area contributed by atoms with Crippen molar-refractivity contribution in [1.29, 1.82) is 0 Å². The second kappa shape index (κ2) is 8.58. The van der Waals surface area contributed by atoms with Crippen molar-refractivity contribution in [3.05, 3.63) is 71.8 Å². The number of nitrogens with zero attached hydrogens (tertiary/aromatic N) is 1. The van der Waals surface area contributed by atoms with Crippen molar-refractivity contribution in [1.82, 2.24) is 5.32 Å². The Balaban J connectivity index is 1.73. The van der Waals surface area contributed by atoms with Crippen molar-refractivity contribution in [3.8, 4) is 5.75 Å². The van der Waals surface area contributed by atoms with Gasteiger partial charge in [-0.15, -0.1) is 0 Å². The molecule has 140 valence electrons. The molecular weight excluding hydrogens is 336 g/mol. The molecular formula is C23H26N2O2. The topological polar surface area (TPSA) is 41.6 Å². The van der Waals surface area contributed by atoms with E-state index in [4.69, 9.17) is 4.74 Å². The van der Waals surface area contributed by atoms with Gasteiger partial charge in [-0.3, -0.25) is 4.79 Å². The van der Waals surface area contributed by atoms with Crippen LogP contribution in [0.25, 0.3) is 10.8 Å². The second-order valence-electron chi connectivity index (χ2n) is 6.42. The van der Waals surface area contributed by atoms with Gasteiger partial charge < -0.3 is 15.0 Å². The minimum absolute atomic E-state index is 0.134. The molecule has 3 rings (SSSR count). The first kappa shape index (κ1) is 18.8.